The first kappa shape index (κ1) is 74.0. The van der Waals surface area contributed by atoms with Crippen molar-refractivity contribution < 1.29 is 77.2 Å². The lowest BCUT2D eigenvalue weighted by atomic mass is 10.0. The molecule has 0 unspecified atom stereocenters. The minimum absolute atomic E-state index is 0.0170. The Balaban J connectivity index is 0.000000229. The third-order valence-corrected chi connectivity index (χ3v) is 13.2. The maximum Gasteiger partial charge on any atom is 0.413 e. The van der Waals surface area contributed by atoms with Crippen LogP contribution in [0.25, 0.3) is 24.3 Å². The molecule has 4 aromatic carbocycles. The second-order valence-corrected chi connectivity index (χ2v) is 24.9. The molecule has 7 N–H and O–H groups in total. The number of carboxylic acids is 1. The van der Waals surface area contributed by atoms with E-state index >= 15 is 0 Å². The van der Waals surface area contributed by atoms with Gasteiger partial charge in [-0.2, -0.15) is 0 Å². The molecule has 4 aliphatic rings. The van der Waals surface area contributed by atoms with Crippen molar-refractivity contribution in [3.8, 4) is 0 Å². The van der Waals surface area contributed by atoms with Crippen LogP contribution in [-0.2, 0) is 33.4 Å². The fraction of sp³-hybridized carbons (Fsp3) is 0.329. The lowest BCUT2D eigenvalue weighted by Gasteiger charge is -2.20. The number of hydrogen-bond acceptors (Lipinski definition) is 20. The van der Waals surface area contributed by atoms with Crippen molar-refractivity contribution in [1.29, 1.82) is 0 Å². The number of ketones is 7. The van der Waals surface area contributed by atoms with Crippen molar-refractivity contribution in [3.05, 3.63) is 140 Å². The molecular formula is C70H78N8O16. The number of amidine groups is 4. The van der Waals surface area contributed by atoms with Crippen molar-refractivity contribution in [3.63, 3.8) is 0 Å². The first-order valence-electron chi connectivity index (χ1n) is 29.5. The predicted molar refractivity (Wildman–Crippen MR) is 358 cm³/mol. The molecule has 0 fully saturated rings. The lowest BCUT2D eigenvalue weighted by molar-refractivity contribution is -0.114. The van der Waals surface area contributed by atoms with Crippen LogP contribution >= 0.6 is 0 Å². The fourth-order valence-corrected chi connectivity index (χ4v) is 8.71. The number of hydrogen-bond donors (Lipinski definition) is 6. The number of amides is 3. The Hall–Kier alpha value is -10.8. The molecular weight excluding hydrogens is 1210 g/mol. The maximum atomic E-state index is 12.0. The predicted octanol–water partition coefficient (Wildman–Crippen LogP) is 12.2. The number of carboxylic acid groups (broad SMARTS) is 1. The fourth-order valence-electron chi connectivity index (χ4n) is 8.71. The average molecular weight is 1290 g/mol. The summed E-state index contributed by atoms with van der Waals surface area (Å²) in [7, 11) is 0. The number of fused-ring (bicyclic) bond motifs is 4. The van der Waals surface area contributed by atoms with Crippen molar-refractivity contribution in [2.24, 2.45) is 25.7 Å². The third-order valence-electron chi connectivity index (χ3n) is 13.2. The lowest BCUT2D eigenvalue weighted by Crippen LogP contribution is -2.36. The van der Waals surface area contributed by atoms with E-state index in [1.165, 1.54) is 59.7 Å². The summed E-state index contributed by atoms with van der Waals surface area (Å²) >= 11 is 0. The summed E-state index contributed by atoms with van der Waals surface area (Å²) in [4.78, 5) is 146. The molecule has 494 valence electrons. The molecule has 0 aromatic heterocycles. The van der Waals surface area contributed by atoms with Crippen molar-refractivity contribution in [2.45, 2.75) is 146 Å². The van der Waals surface area contributed by atoms with Crippen molar-refractivity contribution in [1.82, 2.24) is 16.0 Å². The Morgan fingerprint density at radius 2 is 0.670 bits per heavy atom. The van der Waals surface area contributed by atoms with Gasteiger partial charge in [0, 0.05) is 86.9 Å². The minimum atomic E-state index is -1.08. The van der Waals surface area contributed by atoms with Gasteiger partial charge in [-0.15, -0.1) is 0 Å². The monoisotopic (exact) mass is 1290 g/mol. The zero-order valence-corrected chi connectivity index (χ0v) is 55.2. The molecule has 0 saturated carbocycles. The van der Waals surface area contributed by atoms with E-state index in [4.69, 9.17) is 30.2 Å². The van der Waals surface area contributed by atoms with Crippen molar-refractivity contribution >= 4 is 135 Å². The zero-order chi connectivity index (χ0) is 70.3. The number of benzene rings is 4. The van der Waals surface area contributed by atoms with Gasteiger partial charge in [0.05, 0.1) is 28.3 Å². The number of carbonyl (C=O) groups excluding carboxylic acids is 10. The number of nitrogens with two attached hydrogens (primary N) is 1. The number of nitrogens with zero attached hydrogens (tertiary/aromatic N) is 4. The summed E-state index contributed by atoms with van der Waals surface area (Å²) in [6, 6.07) is 19.5. The van der Waals surface area contributed by atoms with Gasteiger partial charge in [0.1, 0.15) is 46.8 Å². The van der Waals surface area contributed by atoms with E-state index in [-0.39, 0.29) is 71.2 Å². The van der Waals surface area contributed by atoms with Gasteiger partial charge in [-0.25, -0.2) is 39.1 Å². The van der Waals surface area contributed by atoms with Crippen LogP contribution < -0.4 is 21.7 Å². The Bertz CT molecular complexity index is 3910. The molecule has 0 aliphatic carbocycles. The highest BCUT2D eigenvalue weighted by Gasteiger charge is 2.26. The maximum absolute atomic E-state index is 12.0. The van der Waals surface area contributed by atoms with Gasteiger partial charge < -0.3 is 30.2 Å². The molecule has 4 heterocycles. The van der Waals surface area contributed by atoms with E-state index in [0.29, 0.717) is 91.0 Å². The van der Waals surface area contributed by atoms with Crippen LogP contribution in [0.1, 0.15) is 193 Å². The third kappa shape index (κ3) is 23.2. The number of aliphatic imine (C=N–C) groups is 4. The number of aromatic carboxylic acids is 1. The molecule has 4 aliphatic heterocycles. The number of rotatable bonds is 9. The second-order valence-electron chi connectivity index (χ2n) is 24.9. The smallest absolute Gasteiger partial charge is 0.413 e. The van der Waals surface area contributed by atoms with Crippen LogP contribution in [0.4, 0.5) is 37.1 Å². The van der Waals surface area contributed by atoms with Crippen LogP contribution in [-0.4, -0.2) is 122 Å². The highest BCUT2D eigenvalue weighted by Crippen LogP contribution is 2.33. The van der Waals surface area contributed by atoms with E-state index in [1.807, 2.05) is 0 Å². The van der Waals surface area contributed by atoms with Crippen LogP contribution in [0.2, 0.25) is 0 Å². The summed E-state index contributed by atoms with van der Waals surface area (Å²) in [5.74, 6) is -0.911. The summed E-state index contributed by atoms with van der Waals surface area (Å²) in [6.45, 7) is 23.9. The summed E-state index contributed by atoms with van der Waals surface area (Å²) in [5, 5.41) is 25.9. The second kappa shape index (κ2) is 31.5. The number of aliphatic hydroxyl groups excluding tert-OH is 1. The van der Waals surface area contributed by atoms with Gasteiger partial charge in [-0.1, -0.05) is 42.5 Å². The van der Waals surface area contributed by atoms with Crippen LogP contribution in [0.3, 0.4) is 0 Å². The van der Waals surface area contributed by atoms with Crippen molar-refractivity contribution in [2.75, 3.05) is 6.61 Å². The average Bonchev–Trinajstić information content (AvgIpc) is 1.63. The van der Waals surface area contributed by atoms with Gasteiger partial charge in [0.2, 0.25) is 0 Å². The number of Topliss-reactive ketones (excluding diaryl/α,β-unsaturated/α-hetero) is 7. The SMILES string of the molecule is CC(=O)C1=Cc2ccc(C(=O)CO)cc2N=C(NC(=O)OC(C)(C)C)C1.CC(=O)C1=Cc2ccc(C(=O)O)cc2N=C(NC(=O)OC(C)(C)C)C1.CC(=O)C1=Cc2ccc(C(C)=O)cc2N=C(N)C1.CC(=O)C1=Cc2ccc(C(C)=O)cc2N=C(NC(=O)OC(C)(C)C)C1. The first-order chi connectivity index (χ1) is 43.6. The number of ether oxygens (including phenoxy) is 3. The Labute approximate surface area is 544 Å². The Morgan fingerprint density at radius 3 is 0.947 bits per heavy atom. The number of carbonyl (C=O) groups is 11. The van der Waals surface area contributed by atoms with E-state index in [0.717, 1.165) is 11.1 Å². The zero-order valence-electron chi connectivity index (χ0n) is 55.2. The molecule has 0 bridgehead atoms. The largest absolute Gasteiger partial charge is 0.478 e. The quantitative estimate of drug-likeness (QED) is 0.0669. The van der Waals surface area contributed by atoms with Gasteiger partial charge in [0.25, 0.3) is 0 Å². The Kier molecular flexibility index (Phi) is 24.8. The number of nitrogens with one attached hydrogen (secondary N) is 3. The van der Waals surface area contributed by atoms with Gasteiger partial charge in [-0.05, 0) is 158 Å². The van der Waals surface area contributed by atoms with Gasteiger partial charge in [0.15, 0.2) is 40.5 Å². The normalized spacial score (nSPS) is 13.8. The van der Waals surface area contributed by atoms with E-state index < -0.39 is 53.4 Å². The molecule has 0 spiro atoms. The molecule has 0 atom stereocenters. The topological polar surface area (TPSA) is 367 Å². The number of alkyl carbamates (subject to hydrolysis) is 3. The molecule has 24 nitrogen and oxygen atoms in total. The molecule has 8 rings (SSSR count). The molecule has 0 radical (unpaired) electrons. The minimum Gasteiger partial charge on any atom is -0.478 e. The Morgan fingerprint density at radius 1 is 0.404 bits per heavy atom. The standard InChI is InChI=1S/C19H22N2O5.C19H22N2O4.C18H20N2O5.C14H14N2O2/c1-11(23)14-7-12-5-6-13(16(24)10-22)8-15(12)20-17(9-14)21-18(25)26-19(2,3)4;1-11(22)13-6-7-14-8-15(12(2)23)10-17(20-16(14)9-13)21-18(24)25-19(3,4)5;1-10(21)13-7-11-5-6-12(16(22)23)8-14(11)19-15(9-13)20-17(24)25-18(2,3)4;1-8(17)10-3-4-11-5-12(9(2)18)7-14(15)16-13(11)6-10/h5-8,22H,9-10H2,1-4H3,(H,20,21,25);6-9H,10H2,1-5H3,(H,20,21,24);5-8H,9H2,1-4H3,(H,22,23)(H,19,20,24);3-6H,7H2,1-2H3,(H2,15,16). The van der Waals surface area contributed by atoms with E-state index in [9.17, 15) is 52.7 Å². The molecule has 94 heavy (non-hydrogen) atoms. The molecule has 0 saturated heterocycles. The van der Waals surface area contributed by atoms with Gasteiger partial charge >= 0.3 is 24.2 Å². The van der Waals surface area contributed by atoms with E-state index in [2.05, 4.69) is 35.9 Å². The summed E-state index contributed by atoms with van der Waals surface area (Å²) in [6.07, 6.45) is 5.61. The van der Waals surface area contributed by atoms with Crippen LogP contribution in [0, 0.1) is 0 Å². The van der Waals surface area contributed by atoms with Crippen LogP contribution in [0.15, 0.2) is 115 Å². The van der Waals surface area contributed by atoms with Gasteiger partial charge in [-0.3, -0.25) is 49.5 Å². The highest BCUT2D eigenvalue weighted by atomic mass is 16.6. The van der Waals surface area contributed by atoms with Crippen LogP contribution in [0.5, 0.6) is 0 Å². The molecule has 4 aromatic rings. The highest BCUT2D eigenvalue weighted by molar-refractivity contribution is 6.12. The summed E-state index contributed by atoms with van der Waals surface area (Å²) < 4.78 is 15.7. The number of aliphatic hydroxyl groups is 1. The summed E-state index contributed by atoms with van der Waals surface area (Å²) in [5.41, 5.74) is 12.0. The molecule has 24 heteroatoms. The first-order valence-corrected chi connectivity index (χ1v) is 29.5. The molecule has 3 amide bonds. The van der Waals surface area contributed by atoms with E-state index in [1.54, 1.807) is 141 Å².